The molecule has 2 unspecified atom stereocenters. The molecule has 1 aromatic heterocycles. The van der Waals surface area contributed by atoms with Crippen molar-refractivity contribution in [2.75, 3.05) is 27.4 Å². The number of nitrogens with zero attached hydrogens (tertiary/aromatic N) is 2. The average Bonchev–Trinajstić information content (AvgIpc) is 2.46. The Hall–Kier alpha value is -1.46. The van der Waals surface area contributed by atoms with Gasteiger partial charge in [0.05, 0.1) is 26.5 Å². The van der Waals surface area contributed by atoms with Gasteiger partial charge in [-0.15, -0.1) is 0 Å². The van der Waals surface area contributed by atoms with Crippen LogP contribution in [-0.4, -0.2) is 55.1 Å². The summed E-state index contributed by atoms with van der Waals surface area (Å²) in [5.41, 5.74) is 0.541. The fourth-order valence-electron chi connectivity index (χ4n) is 3.17. The van der Waals surface area contributed by atoms with Crippen molar-refractivity contribution in [3.63, 3.8) is 0 Å². The first kappa shape index (κ1) is 13.5. The predicted octanol–water partition coefficient (Wildman–Crippen LogP) is 1.38. The van der Waals surface area contributed by atoms with E-state index < -0.39 is 0 Å². The SMILES string of the molecule is COc1ccc(C(=O)C2CC3COCC(C2)N3C)nc1. The normalized spacial score (nSPS) is 30.0. The molecule has 0 amide bonds. The third-order valence-electron chi connectivity index (χ3n) is 4.48. The fraction of sp³-hybridized carbons (Fsp3) is 0.600. The number of hydrogen-bond donors (Lipinski definition) is 0. The van der Waals surface area contributed by atoms with Crippen LogP contribution in [0.4, 0.5) is 0 Å². The van der Waals surface area contributed by atoms with Gasteiger partial charge in [-0.1, -0.05) is 0 Å². The fourth-order valence-corrected chi connectivity index (χ4v) is 3.17. The Bertz CT molecular complexity index is 474. The lowest BCUT2D eigenvalue weighted by Crippen LogP contribution is -2.55. The van der Waals surface area contributed by atoms with Gasteiger partial charge >= 0.3 is 0 Å². The number of ether oxygens (including phenoxy) is 2. The highest BCUT2D eigenvalue weighted by Gasteiger charge is 2.39. The Balaban J connectivity index is 1.74. The maximum atomic E-state index is 12.6. The van der Waals surface area contributed by atoms with Crippen molar-refractivity contribution < 1.29 is 14.3 Å². The monoisotopic (exact) mass is 276 g/mol. The van der Waals surface area contributed by atoms with Gasteiger partial charge in [0.1, 0.15) is 11.4 Å². The molecule has 3 rings (SSSR count). The van der Waals surface area contributed by atoms with Crippen molar-refractivity contribution in [1.82, 2.24) is 9.88 Å². The summed E-state index contributed by atoms with van der Waals surface area (Å²) in [6, 6.07) is 4.26. The van der Waals surface area contributed by atoms with Crippen LogP contribution in [0.15, 0.2) is 18.3 Å². The number of likely N-dealkylation sites (N-methyl/N-ethyl adjacent to an activating group) is 1. The molecule has 2 aliphatic heterocycles. The molecule has 0 radical (unpaired) electrons. The molecule has 0 aromatic carbocycles. The first-order chi connectivity index (χ1) is 9.69. The van der Waals surface area contributed by atoms with E-state index in [9.17, 15) is 4.79 Å². The van der Waals surface area contributed by atoms with Gasteiger partial charge in [0, 0.05) is 18.0 Å². The molecule has 108 valence electrons. The number of rotatable bonds is 3. The van der Waals surface area contributed by atoms with Gasteiger partial charge in [-0.25, -0.2) is 4.98 Å². The number of carbonyl (C=O) groups excluding carboxylic acids is 1. The largest absolute Gasteiger partial charge is 0.495 e. The van der Waals surface area contributed by atoms with Crippen LogP contribution >= 0.6 is 0 Å². The predicted molar refractivity (Wildman–Crippen MR) is 74.0 cm³/mol. The number of fused-ring (bicyclic) bond motifs is 2. The molecular formula is C15H20N2O3. The second-order valence-corrected chi connectivity index (χ2v) is 5.63. The molecule has 2 bridgehead atoms. The zero-order valence-electron chi connectivity index (χ0n) is 11.9. The molecule has 20 heavy (non-hydrogen) atoms. The molecule has 0 aliphatic carbocycles. The minimum absolute atomic E-state index is 0.0611. The van der Waals surface area contributed by atoms with Gasteiger partial charge in [-0.05, 0) is 32.0 Å². The number of piperidine rings is 1. The first-order valence-corrected chi connectivity index (χ1v) is 7.03. The summed E-state index contributed by atoms with van der Waals surface area (Å²) in [6.45, 7) is 1.46. The van der Waals surface area contributed by atoms with Crippen LogP contribution in [-0.2, 0) is 4.74 Å². The van der Waals surface area contributed by atoms with E-state index in [1.165, 1.54) is 0 Å². The average molecular weight is 276 g/mol. The van der Waals surface area contributed by atoms with E-state index in [0.29, 0.717) is 23.5 Å². The Kier molecular flexibility index (Phi) is 3.72. The molecule has 1 aromatic rings. The Morgan fingerprint density at radius 1 is 1.35 bits per heavy atom. The Morgan fingerprint density at radius 3 is 2.60 bits per heavy atom. The number of morpholine rings is 1. The number of hydrogen-bond acceptors (Lipinski definition) is 5. The third kappa shape index (κ3) is 2.43. The van der Waals surface area contributed by atoms with E-state index in [1.807, 2.05) is 0 Å². The molecule has 0 saturated carbocycles. The van der Waals surface area contributed by atoms with E-state index in [2.05, 4.69) is 16.9 Å². The molecular weight excluding hydrogens is 256 g/mol. The van der Waals surface area contributed by atoms with Gasteiger partial charge in [0.25, 0.3) is 0 Å². The first-order valence-electron chi connectivity index (χ1n) is 7.03. The van der Waals surface area contributed by atoms with Crippen molar-refractivity contribution in [1.29, 1.82) is 0 Å². The standard InChI is InChI=1S/C15H20N2O3/c1-17-11-5-10(6-12(17)9-20-8-11)15(18)14-4-3-13(19-2)7-16-14/h3-4,7,10-12H,5-6,8-9H2,1-2H3. The Morgan fingerprint density at radius 2 is 2.05 bits per heavy atom. The van der Waals surface area contributed by atoms with Crippen molar-refractivity contribution >= 4 is 5.78 Å². The minimum atomic E-state index is 0.0611. The molecule has 2 atom stereocenters. The van der Waals surface area contributed by atoms with Gasteiger partial charge in [-0.3, -0.25) is 9.69 Å². The van der Waals surface area contributed by atoms with Crippen molar-refractivity contribution in [3.05, 3.63) is 24.0 Å². The Labute approximate surface area is 118 Å². The van der Waals surface area contributed by atoms with Crippen LogP contribution in [0.3, 0.4) is 0 Å². The van der Waals surface area contributed by atoms with E-state index in [1.54, 1.807) is 25.4 Å². The van der Waals surface area contributed by atoms with Crippen LogP contribution < -0.4 is 4.74 Å². The highest BCUT2D eigenvalue weighted by Crippen LogP contribution is 2.32. The molecule has 3 heterocycles. The lowest BCUT2D eigenvalue weighted by atomic mass is 9.82. The zero-order valence-corrected chi connectivity index (χ0v) is 11.9. The molecule has 2 fully saturated rings. The topological polar surface area (TPSA) is 51.7 Å². The highest BCUT2D eigenvalue weighted by atomic mass is 16.5. The second-order valence-electron chi connectivity index (χ2n) is 5.63. The third-order valence-corrected chi connectivity index (χ3v) is 4.48. The zero-order chi connectivity index (χ0) is 14.1. The number of methoxy groups -OCH3 is 1. The number of pyridine rings is 1. The summed E-state index contributed by atoms with van der Waals surface area (Å²) in [7, 11) is 3.72. The van der Waals surface area contributed by atoms with Crippen LogP contribution in [0.2, 0.25) is 0 Å². The summed E-state index contributed by atoms with van der Waals surface area (Å²) in [5.74, 6) is 0.888. The van der Waals surface area contributed by atoms with Crippen LogP contribution in [0.1, 0.15) is 23.3 Å². The van der Waals surface area contributed by atoms with Crippen LogP contribution in [0.25, 0.3) is 0 Å². The van der Waals surface area contributed by atoms with Crippen molar-refractivity contribution in [2.45, 2.75) is 24.9 Å². The molecule has 2 saturated heterocycles. The number of carbonyl (C=O) groups is 1. The summed E-state index contributed by atoms with van der Waals surface area (Å²) in [6.07, 6.45) is 3.32. The summed E-state index contributed by atoms with van der Waals surface area (Å²) < 4.78 is 10.7. The van der Waals surface area contributed by atoms with Crippen molar-refractivity contribution in [2.24, 2.45) is 5.92 Å². The maximum Gasteiger partial charge on any atom is 0.184 e. The maximum absolute atomic E-state index is 12.6. The molecule has 0 N–H and O–H groups in total. The lowest BCUT2D eigenvalue weighted by molar-refractivity contribution is -0.0703. The summed E-state index contributed by atoms with van der Waals surface area (Å²) >= 11 is 0. The van der Waals surface area contributed by atoms with Crippen molar-refractivity contribution in [3.8, 4) is 5.75 Å². The molecule has 5 heteroatoms. The van der Waals surface area contributed by atoms with Gasteiger partial charge in [0.2, 0.25) is 0 Å². The van der Waals surface area contributed by atoms with Crippen LogP contribution in [0, 0.1) is 5.92 Å². The smallest absolute Gasteiger partial charge is 0.184 e. The quantitative estimate of drug-likeness (QED) is 0.781. The van der Waals surface area contributed by atoms with E-state index in [-0.39, 0.29) is 11.7 Å². The van der Waals surface area contributed by atoms with Gasteiger partial charge in [0.15, 0.2) is 5.78 Å². The lowest BCUT2D eigenvalue weighted by Gasteiger charge is -2.46. The molecule has 2 aliphatic rings. The summed E-state index contributed by atoms with van der Waals surface area (Å²) in [4.78, 5) is 19.1. The van der Waals surface area contributed by atoms with Gasteiger partial charge < -0.3 is 9.47 Å². The second kappa shape index (κ2) is 5.50. The van der Waals surface area contributed by atoms with E-state index in [4.69, 9.17) is 9.47 Å². The summed E-state index contributed by atoms with van der Waals surface area (Å²) in [5, 5.41) is 0. The van der Waals surface area contributed by atoms with E-state index in [0.717, 1.165) is 26.1 Å². The van der Waals surface area contributed by atoms with E-state index >= 15 is 0 Å². The molecule has 5 nitrogen and oxygen atoms in total. The number of Topliss-reactive ketones (excluding diaryl/α,β-unsaturated/α-hetero) is 1. The number of ketones is 1. The molecule has 0 spiro atoms. The number of aromatic nitrogens is 1. The highest BCUT2D eigenvalue weighted by molar-refractivity contribution is 5.96. The van der Waals surface area contributed by atoms with Crippen LogP contribution in [0.5, 0.6) is 5.75 Å². The minimum Gasteiger partial charge on any atom is -0.495 e. The van der Waals surface area contributed by atoms with Gasteiger partial charge in [-0.2, -0.15) is 0 Å².